The maximum absolute atomic E-state index is 5.94. The van der Waals surface area contributed by atoms with Crippen LogP contribution in [0.5, 0.6) is 11.5 Å². The van der Waals surface area contributed by atoms with Gasteiger partial charge in [-0.1, -0.05) is 6.07 Å². The number of aromatic nitrogens is 1. The highest BCUT2D eigenvalue weighted by Gasteiger charge is 2.11. The Morgan fingerprint density at radius 3 is 2.52 bits per heavy atom. The van der Waals surface area contributed by atoms with Gasteiger partial charge in [-0.05, 0) is 57.0 Å². The van der Waals surface area contributed by atoms with Crippen LogP contribution in [0.1, 0.15) is 45.2 Å². The van der Waals surface area contributed by atoms with Crippen molar-refractivity contribution >= 4 is 11.3 Å². The van der Waals surface area contributed by atoms with Gasteiger partial charge in [0.05, 0.1) is 30.8 Å². The maximum atomic E-state index is 5.94. The van der Waals surface area contributed by atoms with E-state index in [9.17, 15) is 0 Å². The second kappa shape index (κ2) is 8.80. The van der Waals surface area contributed by atoms with Gasteiger partial charge in [0.15, 0.2) is 11.5 Å². The highest BCUT2D eigenvalue weighted by molar-refractivity contribution is 5.68. The normalized spacial score (nSPS) is 13.5. The summed E-state index contributed by atoms with van der Waals surface area (Å²) < 4.78 is 17.1. The molecule has 1 aromatic carbocycles. The molecule has 0 atom stereocenters. The molecule has 2 aromatic rings. The molecule has 0 radical (unpaired) electrons. The Bertz CT molecular complexity index is 800. The first-order valence-corrected chi connectivity index (χ1v) is 9.47. The van der Waals surface area contributed by atoms with Crippen molar-refractivity contribution in [3.05, 3.63) is 54.0 Å². The van der Waals surface area contributed by atoms with E-state index in [1.807, 2.05) is 58.5 Å². The van der Waals surface area contributed by atoms with Crippen LogP contribution in [0.25, 0.3) is 5.57 Å². The van der Waals surface area contributed by atoms with E-state index >= 15 is 0 Å². The Labute approximate surface area is 161 Å². The fourth-order valence-electron chi connectivity index (χ4n) is 2.88. The molecule has 1 aromatic heterocycles. The number of rotatable bonds is 8. The van der Waals surface area contributed by atoms with Crippen molar-refractivity contribution in [3.63, 3.8) is 0 Å². The largest absolute Gasteiger partial charge is 0.501 e. The van der Waals surface area contributed by atoms with Crippen molar-refractivity contribution in [2.75, 3.05) is 11.9 Å². The number of hydrogen-bond donors (Lipinski definition) is 1. The monoisotopic (exact) mass is 368 g/mol. The van der Waals surface area contributed by atoms with Crippen LogP contribution in [0.2, 0.25) is 0 Å². The van der Waals surface area contributed by atoms with E-state index in [1.54, 1.807) is 0 Å². The number of anilines is 1. The third kappa shape index (κ3) is 5.39. The molecule has 27 heavy (non-hydrogen) atoms. The molecule has 0 aliphatic carbocycles. The molecular formula is C22H28N2O3. The van der Waals surface area contributed by atoms with Crippen LogP contribution in [0, 0.1) is 0 Å². The highest BCUT2D eigenvalue weighted by Crippen LogP contribution is 2.31. The summed E-state index contributed by atoms with van der Waals surface area (Å²) in [5, 5.41) is 3.44. The van der Waals surface area contributed by atoms with Crippen molar-refractivity contribution < 1.29 is 14.2 Å². The van der Waals surface area contributed by atoms with Gasteiger partial charge in [0.1, 0.15) is 0 Å². The Morgan fingerprint density at radius 1 is 1.04 bits per heavy atom. The molecular weight excluding hydrogens is 340 g/mol. The van der Waals surface area contributed by atoms with Crippen LogP contribution in [0.4, 0.5) is 5.69 Å². The van der Waals surface area contributed by atoms with E-state index in [0.717, 1.165) is 41.3 Å². The van der Waals surface area contributed by atoms with Crippen molar-refractivity contribution in [2.45, 2.75) is 52.9 Å². The van der Waals surface area contributed by atoms with Gasteiger partial charge in [-0.15, -0.1) is 0 Å². The zero-order valence-corrected chi connectivity index (χ0v) is 16.5. The smallest absolute Gasteiger partial charge is 0.161 e. The molecule has 1 aliphatic heterocycles. The Kier molecular flexibility index (Phi) is 6.22. The minimum Gasteiger partial charge on any atom is -0.501 e. The summed E-state index contributed by atoms with van der Waals surface area (Å²) in [5.41, 5.74) is 4.39. The van der Waals surface area contributed by atoms with Gasteiger partial charge in [-0.2, -0.15) is 0 Å². The van der Waals surface area contributed by atoms with Crippen LogP contribution in [0.3, 0.4) is 0 Å². The molecule has 0 saturated heterocycles. The van der Waals surface area contributed by atoms with Crippen LogP contribution >= 0.6 is 0 Å². The predicted octanol–water partition coefficient (Wildman–Crippen LogP) is 5.03. The fourth-order valence-corrected chi connectivity index (χ4v) is 2.88. The first kappa shape index (κ1) is 19.1. The SMILES string of the molecule is CC(C)Oc1ccc(CNc2cncc(C3=COCC3)c2)cc1OC(C)C. The summed E-state index contributed by atoms with van der Waals surface area (Å²) in [4.78, 5) is 4.34. The van der Waals surface area contributed by atoms with E-state index in [2.05, 4.69) is 22.4 Å². The van der Waals surface area contributed by atoms with Gasteiger partial charge >= 0.3 is 0 Å². The molecule has 0 fully saturated rings. The second-order valence-electron chi connectivity index (χ2n) is 7.19. The Morgan fingerprint density at radius 2 is 1.81 bits per heavy atom. The summed E-state index contributed by atoms with van der Waals surface area (Å²) in [5.74, 6) is 1.55. The highest BCUT2D eigenvalue weighted by atomic mass is 16.5. The van der Waals surface area contributed by atoms with E-state index in [0.29, 0.717) is 6.54 Å². The van der Waals surface area contributed by atoms with Crippen LogP contribution in [0.15, 0.2) is 42.9 Å². The molecule has 1 aliphatic rings. The average Bonchev–Trinajstić information content (AvgIpc) is 3.16. The predicted molar refractivity (Wildman–Crippen MR) is 108 cm³/mol. The van der Waals surface area contributed by atoms with Gasteiger partial charge in [0.2, 0.25) is 0 Å². The average molecular weight is 368 g/mol. The Balaban J connectivity index is 1.71. The number of nitrogens with one attached hydrogen (secondary N) is 1. The van der Waals surface area contributed by atoms with Crippen LogP contribution < -0.4 is 14.8 Å². The third-order valence-corrected chi connectivity index (χ3v) is 4.05. The molecule has 1 N–H and O–H groups in total. The number of nitrogens with zero attached hydrogens (tertiary/aromatic N) is 1. The minimum absolute atomic E-state index is 0.0884. The lowest BCUT2D eigenvalue weighted by atomic mass is 10.1. The molecule has 0 saturated carbocycles. The summed E-state index contributed by atoms with van der Waals surface area (Å²) in [6.45, 7) is 9.48. The molecule has 144 valence electrons. The lowest BCUT2D eigenvalue weighted by molar-refractivity contribution is 0.198. The van der Waals surface area contributed by atoms with E-state index in [4.69, 9.17) is 14.2 Å². The Hall–Kier alpha value is -2.69. The van der Waals surface area contributed by atoms with Crippen LogP contribution in [-0.2, 0) is 11.3 Å². The van der Waals surface area contributed by atoms with Crippen LogP contribution in [-0.4, -0.2) is 23.8 Å². The number of benzene rings is 1. The van der Waals surface area contributed by atoms with E-state index < -0.39 is 0 Å². The maximum Gasteiger partial charge on any atom is 0.161 e. The summed E-state index contributed by atoms with van der Waals surface area (Å²) in [7, 11) is 0. The first-order valence-electron chi connectivity index (χ1n) is 9.47. The summed E-state index contributed by atoms with van der Waals surface area (Å²) in [6.07, 6.45) is 6.65. The standard InChI is InChI=1S/C22H28N2O3/c1-15(2)26-21-6-5-17(9-22(21)27-16(3)4)11-24-20-10-19(12-23-13-20)18-7-8-25-14-18/h5-6,9-10,12-16,24H,7-8,11H2,1-4H3. The topological polar surface area (TPSA) is 52.6 Å². The third-order valence-electron chi connectivity index (χ3n) is 4.05. The van der Waals surface area contributed by atoms with Gasteiger partial charge in [0, 0.05) is 30.9 Å². The first-order chi connectivity index (χ1) is 13.0. The lowest BCUT2D eigenvalue weighted by Gasteiger charge is -2.18. The fraction of sp³-hybridized carbons (Fsp3) is 0.409. The molecule has 0 unspecified atom stereocenters. The molecule has 2 heterocycles. The zero-order chi connectivity index (χ0) is 19.2. The van der Waals surface area contributed by atoms with Crippen molar-refractivity contribution in [2.24, 2.45) is 0 Å². The van der Waals surface area contributed by atoms with Gasteiger partial charge in [-0.3, -0.25) is 4.98 Å². The number of ether oxygens (including phenoxy) is 3. The molecule has 5 nitrogen and oxygen atoms in total. The number of pyridine rings is 1. The van der Waals surface area contributed by atoms with Gasteiger partial charge in [-0.25, -0.2) is 0 Å². The van der Waals surface area contributed by atoms with Crippen molar-refractivity contribution in [3.8, 4) is 11.5 Å². The molecule has 0 spiro atoms. The van der Waals surface area contributed by atoms with Crippen molar-refractivity contribution in [1.29, 1.82) is 0 Å². The number of hydrogen-bond acceptors (Lipinski definition) is 5. The van der Waals surface area contributed by atoms with E-state index in [1.165, 1.54) is 5.57 Å². The lowest BCUT2D eigenvalue weighted by Crippen LogP contribution is -2.11. The van der Waals surface area contributed by atoms with Gasteiger partial charge in [0.25, 0.3) is 0 Å². The second-order valence-corrected chi connectivity index (χ2v) is 7.19. The van der Waals surface area contributed by atoms with Gasteiger partial charge < -0.3 is 19.5 Å². The quantitative estimate of drug-likeness (QED) is 0.708. The molecule has 5 heteroatoms. The molecule has 0 amide bonds. The zero-order valence-electron chi connectivity index (χ0n) is 16.5. The summed E-state index contributed by atoms with van der Waals surface area (Å²) >= 11 is 0. The molecule has 0 bridgehead atoms. The van der Waals surface area contributed by atoms with Crippen molar-refractivity contribution in [1.82, 2.24) is 4.98 Å². The van der Waals surface area contributed by atoms with E-state index in [-0.39, 0.29) is 12.2 Å². The molecule has 3 rings (SSSR count). The minimum atomic E-state index is 0.0884. The summed E-state index contributed by atoms with van der Waals surface area (Å²) in [6, 6.07) is 8.18.